The third-order valence-corrected chi connectivity index (χ3v) is 3.23. The average Bonchev–Trinajstić information content (AvgIpc) is 2.76. The maximum atomic E-state index is 5.98. The molecule has 2 heteroatoms. The van der Waals surface area contributed by atoms with E-state index < -0.39 is 0 Å². The van der Waals surface area contributed by atoms with Gasteiger partial charge in [-0.2, -0.15) is 0 Å². The van der Waals surface area contributed by atoms with Crippen molar-refractivity contribution in [2.24, 2.45) is 0 Å². The predicted molar refractivity (Wildman–Crippen MR) is 81.4 cm³/mol. The van der Waals surface area contributed by atoms with Gasteiger partial charge < -0.3 is 9.73 Å². The zero-order valence-electron chi connectivity index (χ0n) is 12.1. The van der Waals surface area contributed by atoms with Crippen LogP contribution in [0.3, 0.4) is 0 Å². The van der Waals surface area contributed by atoms with Crippen LogP contribution in [0.15, 0.2) is 40.8 Å². The van der Waals surface area contributed by atoms with Gasteiger partial charge >= 0.3 is 0 Å². The first kappa shape index (κ1) is 13.9. The Morgan fingerprint density at radius 1 is 1.37 bits per heavy atom. The number of fused-ring (bicyclic) bond motifs is 1. The first-order valence-electron chi connectivity index (χ1n) is 6.98. The largest absolute Gasteiger partial charge is 0.459 e. The highest BCUT2D eigenvalue weighted by molar-refractivity contribution is 5.78. The van der Waals surface area contributed by atoms with Crippen LogP contribution in [-0.2, 0) is 0 Å². The average molecular weight is 257 g/mol. The summed E-state index contributed by atoms with van der Waals surface area (Å²) in [5.41, 5.74) is 3.40. The molecule has 0 amide bonds. The van der Waals surface area contributed by atoms with Crippen molar-refractivity contribution < 1.29 is 4.42 Å². The van der Waals surface area contributed by atoms with Gasteiger partial charge in [-0.05, 0) is 51.4 Å². The number of rotatable bonds is 6. The van der Waals surface area contributed by atoms with Crippen LogP contribution < -0.4 is 5.32 Å². The smallest absolute Gasteiger partial charge is 0.134 e. The minimum atomic E-state index is 0.227. The molecule has 102 valence electrons. The summed E-state index contributed by atoms with van der Waals surface area (Å²) in [5.74, 6) is 1.01. The number of hydrogen-bond donors (Lipinski definition) is 1. The Bertz CT molecular complexity index is 568. The highest BCUT2D eigenvalue weighted by Crippen LogP contribution is 2.28. The third-order valence-electron chi connectivity index (χ3n) is 3.23. The zero-order valence-corrected chi connectivity index (χ0v) is 12.1. The lowest BCUT2D eigenvalue weighted by atomic mass is 10.1. The highest BCUT2D eigenvalue weighted by atomic mass is 16.3. The Labute approximate surface area is 115 Å². The molecule has 1 heterocycles. The fourth-order valence-electron chi connectivity index (χ4n) is 2.30. The van der Waals surface area contributed by atoms with Crippen molar-refractivity contribution >= 4 is 11.0 Å². The summed E-state index contributed by atoms with van der Waals surface area (Å²) in [7, 11) is 0. The Balaban J connectivity index is 2.29. The van der Waals surface area contributed by atoms with Crippen LogP contribution in [0.25, 0.3) is 11.0 Å². The summed E-state index contributed by atoms with van der Waals surface area (Å²) < 4.78 is 5.98. The van der Waals surface area contributed by atoms with E-state index in [0.29, 0.717) is 0 Å². The van der Waals surface area contributed by atoms with E-state index in [1.165, 1.54) is 16.5 Å². The lowest BCUT2D eigenvalue weighted by Crippen LogP contribution is -2.21. The molecule has 0 aliphatic carbocycles. The monoisotopic (exact) mass is 257 g/mol. The molecule has 1 aromatic carbocycles. The number of nitrogens with one attached hydrogen (secondary N) is 1. The van der Waals surface area contributed by atoms with Crippen LogP contribution in [-0.4, -0.2) is 6.54 Å². The van der Waals surface area contributed by atoms with Gasteiger partial charge in [-0.25, -0.2) is 0 Å². The predicted octanol–water partition coefficient (Wildman–Crippen LogP) is 4.75. The molecule has 0 radical (unpaired) electrons. The second-order valence-electron chi connectivity index (χ2n) is 5.36. The Morgan fingerprint density at radius 2 is 2.16 bits per heavy atom. The minimum Gasteiger partial charge on any atom is -0.459 e. The molecule has 2 rings (SSSR count). The standard InChI is InChI=1S/C17H23NO/c1-5-8-18-15(9-12(2)3)17-11-14-10-13(4)6-7-16(14)19-17/h6-7,10-11,15,18H,2,5,8-9H2,1,3-4H3. The molecule has 0 saturated carbocycles. The zero-order chi connectivity index (χ0) is 13.8. The van der Waals surface area contributed by atoms with Gasteiger partial charge in [0.15, 0.2) is 0 Å². The number of hydrogen-bond acceptors (Lipinski definition) is 2. The molecule has 1 N–H and O–H groups in total. The van der Waals surface area contributed by atoms with Gasteiger partial charge in [-0.15, -0.1) is 6.58 Å². The minimum absolute atomic E-state index is 0.227. The van der Waals surface area contributed by atoms with Crippen LogP contribution in [0, 0.1) is 6.92 Å². The SMILES string of the molecule is C=C(C)CC(NCCC)c1cc2cc(C)ccc2o1. The molecule has 0 fully saturated rings. The second-order valence-corrected chi connectivity index (χ2v) is 5.36. The van der Waals surface area contributed by atoms with E-state index in [4.69, 9.17) is 4.42 Å². The number of benzene rings is 1. The lowest BCUT2D eigenvalue weighted by Gasteiger charge is -2.15. The van der Waals surface area contributed by atoms with Crippen molar-refractivity contribution in [1.82, 2.24) is 5.32 Å². The third kappa shape index (κ3) is 3.48. The van der Waals surface area contributed by atoms with E-state index in [1.807, 2.05) is 6.07 Å². The van der Waals surface area contributed by atoms with E-state index in [2.05, 4.69) is 50.9 Å². The summed E-state index contributed by atoms with van der Waals surface area (Å²) in [6, 6.07) is 8.68. The van der Waals surface area contributed by atoms with E-state index in [0.717, 1.165) is 30.7 Å². The van der Waals surface area contributed by atoms with E-state index in [-0.39, 0.29) is 6.04 Å². The van der Waals surface area contributed by atoms with Gasteiger partial charge in [0.25, 0.3) is 0 Å². The van der Waals surface area contributed by atoms with Crippen molar-refractivity contribution in [2.45, 2.75) is 39.7 Å². The molecule has 19 heavy (non-hydrogen) atoms. The molecule has 1 aromatic heterocycles. The number of furan rings is 1. The van der Waals surface area contributed by atoms with E-state index in [1.54, 1.807) is 0 Å². The molecular formula is C17H23NO. The Kier molecular flexibility index (Phi) is 4.43. The van der Waals surface area contributed by atoms with Gasteiger partial charge in [0.1, 0.15) is 11.3 Å². The van der Waals surface area contributed by atoms with Crippen molar-refractivity contribution in [1.29, 1.82) is 0 Å². The molecule has 0 bridgehead atoms. The summed E-state index contributed by atoms with van der Waals surface area (Å²) in [6.07, 6.45) is 2.03. The highest BCUT2D eigenvalue weighted by Gasteiger charge is 2.15. The summed E-state index contributed by atoms with van der Waals surface area (Å²) in [5, 5.41) is 4.72. The quantitative estimate of drug-likeness (QED) is 0.755. The maximum Gasteiger partial charge on any atom is 0.134 e. The molecule has 2 nitrogen and oxygen atoms in total. The molecular weight excluding hydrogens is 234 g/mol. The van der Waals surface area contributed by atoms with Crippen LogP contribution in [0.2, 0.25) is 0 Å². The summed E-state index contributed by atoms with van der Waals surface area (Å²) in [6.45, 7) is 11.3. The summed E-state index contributed by atoms with van der Waals surface area (Å²) in [4.78, 5) is 0. The van der Waals surface area contributed by atoms with Gasteiger partial charge in [0.05, 0.1) is 6.04 Å². The first-order valence-corrected chi connectivity index (χ1v) is 6.98. The van der Waals surface area contributed by atoms with Crippen LogP contribution in [0.4, 0.5) is 0 Å². The fraction of sp³-hybridized carbons (Fsp3) is 0.412. The van der Waals surface area contributed by atoms with Crippen molar-refractivity contribution in [3.63, 3.8) is 0 Å². The molecule has 2 aromatic rings. The molecule has 0 aliphatic heterocycles. The molecule has 1 atom stereocenters. The summed E-state index contributed by atoms with van der Waals surface area (Å²) >= 11 is 0. The molecule has 0 saturated heterocycles. The van der Waals surface area contributed by atoms with Crippen molar-refractivity contribution in [3.8, 4) is 0 Å². The van der Waals surface area contributed by atoms with Crippen LogP contribution in [0.1, 0.15) is 44.1 Å². The molecule has 0 aliphatic rings. The Hall–Kier alpha value is -1.54. The molecule has 0 spiro atoms. The normalized spacial score (nSPS) is 12.8. The topological polar surface area (TPSA) is 25.2 Å². The van der Waals surface area contributed by atoms with Gasteiger partial charge in [-0.3, -0.25) is 0 Å². The second kappa shape index (κ2) is 6.07. The van der Waals surface area contributed by atoms with Gasteiger partial charge in [0, 0.05) is 5.39 Å². The van der Waals surface area contributed by atoms with Crippen molar-refractivity contribution in [2.75, 3.05) is 6.54 Å². The van der Waals surface area contributed by atoms with Gasteiger partial charge in [0.2, 0.25) is 0 Å². The van der Waals surface area contributed by atoms with E-state index in [9.17, 15) is 0 Å². The van der Waals surface area contributed by atoms with Crippen LogP contribution >= 0.6 is 0 Å². The van der Waals surface area contributed by atoms with Crippen LogP contribution in [0.5, 0.6) is 0 Å². The molecule has 1 unspecified atom stereocenters. The maximum absolute atomic E-state index is 5.98. The first-order chi connectivity index (χ1) is 9.10. The Morgan fingerprint density at radius 3 is 2.84 bits per heavy atom. The fourth-order valence-corrected chi connectivity index (χ4v) is 2.30. The lowest BCUT2D eigenvalue weighted by molar-refractivity contribution is 0.427. The van der Waals surface area contributed by atoms with E-state index >= 15 is 0 Å². The number of aryl methyl sites for hydroxylation is 1. The van der Waals surface area contributed by atoms with Crippen molar-refractivity contribution in [3.05, 3.63) is 47.7 Å². The van der Waals surface area contributed by atoms with Gasteiger partial charge in [-0.1, -0.05) is 24.1 Å².